The number of amides is 1. The average Bonchev–Trinajstić information content (AvgIpc) is 2.62. The van der Waals surface area contributed by atoms with Crippen molar-refractivity contribution in [1.29, 1.82) is 0 Å². The van der Waals surface area contributed by atoms with Crippen LogP contribution in [0.15, 0.2) is 24.3 Å². The van der Waals surface area contributed by atoms with Crippen molar-refractivity contribution in [3.05, 3.63) is 35.6 Å². The molecule has 2 saturated heterocycles. The average molecular weight is 364 g/mol. The molecule has 0 bridgehead atoms. The molecule has 2 N–H and O–H groups in total. The molecule has 6 heteroatoms. The Hall–Kier alpha value is -1.50. The zero-order chi connectivity index (χ0) is 18.8. The number of carbonyl (C=O) groups is 1. The lowest BCUT2D eigenvalue weighted by molar-refractivity contribution is -0.205. The van der Waals surface area contributed by atoms with Crippen LogP contribution in [0.25, 0.3) is 0 Å². The number of carbonyl (C=O) groups excluding carboxylic acids is 1. The van der Waals surface area contributed by atoms with Crippen molar-refractivity contribution in [1.82, 2.24) is 10.2 Å². The van der Waals surface area contributed by atoms with Gasteiger partial charge in [-0.3, -0.25) is 4.79 Å². The van der Waals surface area contributed by atoms with Crippen molar-refractivity contribution in [2.75, 3.05) is 26.2 Å². The lowest BCUT2D eigenvalue weighted by Gasteiger charge is -2.53. The predicted octanol–water partition coefficient (Wildman–Crippen LogP) is 2.34. The van der Waals surface area contributed by atoms with Crippen molar-refractivity contribution >= 4 is 5.91 Å². The molecule has 2 atom stereocenters. The van der Waals surface area contributed by atoms with Crippen LogP contribution in [-0.4, -0.2) is 59.4 Å². The second kappa shape index (κ2) is 7.62. The van der Waals surface area contributed by atoms with E-state index in [1.165, 1.54) is 24.3 Å². The van der Waals surface area contributed by atoms with Gasteiger partial charge < -0.3 is 20.1 Å². The molecule has 1 amide bonds. The van der Waals surface area contributed by atoms with Crippen molar-refractivity contribution < 1.29 is 19.0 Å². The van der Waals surface area contributed by atoms with E-state index in [9.17, 15) is 14.3 Å². The van der Waals surface area contributed by atoms with E-state index in [4.69, 9.17) is 4.74 Å². The van der Waals surface area contributed by atoms with E-state index in [0.29, 0.717) is 18.6 Å². The zero-order valence-electron chi connectivity index (χ0n) is 15.6. The third-order valence-electron chi connectivity index (χ3n) is 5.86. The van der Waals surface area contributed by atoms with Crippen LogP contribution >= 0.6 is 0 Å². The second-order valence-electron chi connectivity index (χ2n) is 7.79. The number of benzene rings is 1. The molecule has 0 saturated carbocycles. The molecule has 0 radical (unpaired) electrons. The molecular formula is C20H29FN2O3. The first-order valence-corrected chi connectivity index (χ1v) is 9.51. The maximum Gasteiger partial charge on any atom is 0.251 e. The molecule has 1 aromatic carbocycles. The van der Waals surface area contributed by atoms with Crippen LogP contribution in [0.5, 0.6) is 0 Å². The minimum atomic E-state index is -0.781. The highest BCUT2D eigenvalue weighted by Crippen LogP contribution is 2.40. The van der Waals surface area contributed by atoms with Gasteiger partial charge in [0.05, 0.1) is 11.1 Å². The first kappa shape index (κ1) is 19.3. The minimum Gasteiger partial charge on any atom is -0.388 e. The topological polar surface area (TPSA) is 61.8 Å². The van der Waals surface area contributed by atoms with Crippen LogP contribution in [0.3, 0.4) is 0 Å². The summed E-state index contributed by atoms with van der Waals surface area (Å²) in [6.45, 7) is 7.40. The lowest BCUT2D eigenvalue weighted by atomic mass is 9.73. The van der Waals surface area contributed by atoms with E-state index in [0.717, 1.165) is 38.9 Å². The Morgan fingerprint density at radius 1 is 1.31 bits per heavy atom. The van der Waals surface area contributed by atoms with Crippen LogP contribution in [0.4, 0.5) is 4.39 Å². The summed E-state index contributed by atoms with van der Waals surface area (Å²) in [5.41, 5.74) is -0.984. The third-order valence-corrected chi connectivity index (χ3v) is 5.86. The number of hydrogen-bond acceptors (Lipinski definition) is 4. The summed E-state index contributed by atoms with van der Waals surface area (Å²) in [6.07, 6.45) is 2.40. The Balaban J connectivity index is 1.71. The quantitative estimate of drug-likeness (QED) is 0.861. The van der Waals surface area contributed by atoms with Gasteiger partial charge >= 0.3 is 0 Å². The molecule has 2 aliphatic rings. The molecule has 2 fully saturated rings. The van der Waals surface area contributed by atoms with E-state index in [1.807, 2.05) is 6.92 Å². The van der Waals surface area contributed by atoms with E-state index in [2.05, 4.69) is 17.1 Å². The largest absolute Gasteiger partial charge is 0.388 e. The lowest BCUT2D eigenvalue weighted by Crippen LogP contribution is -2.69. The molecule has 2 heterocycles. The molecule has 0 aliphatic carbocycles. The molecule has 26 heavy (non-hydrogen) atoms. The minimum absolute atomic E-state index is 0.299. The number of halogens is 1. The van der Waals surface area contributed by atoms with Gasteiger partial charge in [0, 0.05) is 25.3 Å². The van der Waals surface area contributed by atoms with Crippen molar-refractivity contribution in [2.45, 2.75) is 56.8 Å². The zero-order valence-corrected chi connectivity index (χ0v) is 15.6. The molecule has 1 aromatic rings. The Morgan fingerprint density at radius 3 is 2.58 bits per heavy atom. The fraction of sp³-hybridized carbons (Fsp3) is 0.650. The van der Waals surface area contributed by atoms with Gasteiger partial charge in [-0.15, -0.1) is 0 Å². The standard InChI is InChI=1S/C20H29FN2O3/c1-3-11-23-12-8-20(9-13-23)18(25)19(2,10-14-26-20)22-17(24)15-4-6-16(21)7-5-15/h4-7,18,25H,3,8-14H2,1-2H3,(H,22,24)/t18-,19+/m0/s1. The van der Waals surface area contributed by atoms with Crippen molar-refractivity contribution in [3.8, 4) is 0 Å². The van der Waals surface area contributed by atoms with Gasteiger partial charge in [-0.25, -0.2) is 4.39 Å². The molecule has 0 unspecified atom stereocenters. The number of aliphatic hydroxyl groups excluding tert-OH is 1. The number of likely N-dealkylation sites (tertiary alicyclic amines) is 1. The summed E-state index contributed by atoms with van der Waals surface area (Å²) < 4.78 is 19.1. The third kappa shape index (κ3) is 3.77. The van der Waals surface area contributed by atoms with Gasteiger partial charge in [0.1, 0.15) is 11.9 Å². The molecular weight excluding hydrogens is 335 g/mol. The Labute approximate surface area is 154 Å². The van der Waals surface area contributed by atoms with E-state index in [-0.39, 0.29) is 11.7 Å². The predicted molar refractivity (Wildman–Crippen MR) is 97.5 cm³/mol. The van der Waals surface area contributed by atoms with E-state index < -0.39 is 17.2 Å². The molecule has 2 aliphatic heterocycles. The highest BCUT2D eigenvalue weighted by atomic mass is 19.1. The van der Waals surface area contributed by atoms with Gasteiger partial charge in [-0.05, 0) is 63.4 Å². The summed E-state index contributed by atoms with van der Waals surface area (Å²) in [5.74, 6) is -0.677. The van der Waals surface area contributed by atoms with Crippen molar-refractivity contribution in [3.63, 3.8) is 0 Å². The van der Waals surface area contributed by atoms with Crippen LogP contribution in [0.1, 0.15) is 49.9 Å². The number of aliphatic hydroxyl groups is 1. The summed E-state index contributed by atoms with van der Waals surface area (Å²) in [5, 5.41) is 14.1. The maximum atomic E-state index is 13.1. The molecule has 144 valence electrons. The van der Waals surface area contributed by atoms with Gasteiger partial charge in [-0.2, -0.15) is 0 Å². The number of ether oxygens (including phenoxy) is 1. The maximum absolute atomic E-state index is 13.1. The monoisotopic (exact) mass is 364 g/mol. The van der Waals surface area contributed by atoms with E-state index >= 15 is 0 Å². The first-order chi connectivity index (χ1) is 12.4. The molecule has 1 spiro atoms. The van der Waals surface area contributed by atoms with Gasteiger partial charge in [0.15, 0.2) is 0 Å². The SMILES string of the molecule is CCCN1CCC2(CC1)OCC[C@@](C)(NC(=O)c1ccc(F)cc1)[C@@H]2O. The second-order valence-corrected chi connectivity index (χ2v) is 7.79. The Bertz CT molecular complexity index is 628. The van der Waals surface area contributed by atoms with Crippen molar-refractivity contribution in [2.24, 2.45) is 0 Å². The number of nitrogens with zero attached hydrogens (tertiary/aromatic N) is 1. The highest BCUT2D eigenvalue weighted by molar-refractivity contribution is 5.94. The molecule has 0 aromatic heterocycles. The Kier molecular flexibility index (Phi) is 5.65. The Morgan fingerprint density at radius 2 is 1.96 bits per heavy atom. The number of piperidine rings is 1. The summed E-state index contributed by atoms with van der Waals surface area (Å²) in [6, 6.07) is 5.45. The number of hydrogen-bond donors (Lipinski definition) is 2. The molecule has 3 rings (SSSR count). The smallest absolute Gasteiger partial charge is 0.251 e. The number of nitrogens with one attached hydrogen (secondary N) is 1. The van der Waals surface area contributed by atoms with Gasteiger partial charge in [0.2, 0.25) is 0 Å². The number of rotatable bonds is 4. The van der Waals surface area contributed by atoms with E-state index in [1.54, 1.807) is 0 Å². The first-order valence-electron chi connectivity index (χ1n) is 9.51. The highest BCUT2D eigenvalue weighted by Gasteiger charge is 2.53. The van der Waals surface area contributed by atoms with Crippen LogP contribution < -0.4 is 5.32 Å². The van der Waals surface area contributed by atoms with Gasteiger partial charge in [-0.1, -0.05) is 6.92 Å². The molecule has 5 nitrogen and oxygen atoms in total. The summed E-state index contributed by atoms with van der Waals surface area (Å²) >= 11 is 0. The summed E-state index contributed by atoms with van der Waals surface area (Å²) in [7, 11) is 0. The van der Waals surface area contributed by atoms with Crippen LogP contribution in [0, 0.1) is 5.82 Å². The van der Waals surface area contributed by atoms with Gasteiger partial charge in [0.25, 0.3) is 5.91 Å². The summed E-state index contributed by atoms with van der Waals surface area (Å²) in [4.78, 5) is 15.0. The fourth-order valence-electron chi connectivity index (χ4n) is 4.22. The van der Waals surface area contributed by atoms with Crippen LogP contribution in [-0.2, 0) is 4.74 Å². The normalized spacial score (nSPS) is 28.8. The fourth-order valence-corrected chi connectivity index (χ4v) is 4.22. The van der Waals surface area contributed by atoms with Crippen LogP contribution in [0.2, 0.25) is 0 Å².